The van der Waals surface area contributed by atoms with Crippen LogP contribution >= 0.6 is 0 Å². The van der Waals surface area contributed by atoms with E-state index in [1.54, 1.807) is 25.2 Å². The van der Waals surface area contributed by atoms with Gasteiger partial charge in [-0.1, -0.05) is 12.1 Å². The summed E-state index contributed by atoms with van der Waals surface area (Å²) in [7, 11) is 0. The standard InChI is InChI=1S/C25H29N9O2/c26-20(9-17-10-27-13-28-17)25(35)33-8-6-16-3-1-5-21(19(16)11-33)36-12-18-4-2-7-34(18)24-22-23(30-14-29-22)31-15-32-24/h1,3,5,10,13-15,18,20H,2,4,6-9,11-12,26H2,(H,27,28)(H,29,30,31,32)/t18-,20?/m1/s1. The Morgan fingerprint density at radius 1 is 1.19 bits per heavy atom. The lowest BCUT2D eigenvalue weighted by molar-refractivity contribution is -0.133. The zero-order valence-electron chi connectivity index (χ0n) is 19.9. The van der Waals surface area contributed by atoms with Crippen LogP contribution in [-0.2, 0) is 24.2 Å². The first-order valence-corrected chi connectivity index (χ1v) is 12.3. The van der Waals surface area contributed by atoms with Crippen LogP contribution in [0.1, 0.15) is 29.7 Å². The molecule has 4 aromatic rings. The molecule has 36 heavy (non-hydrogen) atoms. The number of rotatable bonds is 7. The minimum atomic E-state index is -0.623. The number of hydrogen-bond donors (Lipinski definition) is 3. The van der Waals surface area contributed by atoms with E-state index >= 15 is 0 Å². The Morgan fingerprint density at radius 3 is 3.03 bits per heavy atom. The van der Waals surface area contributed by atoms with Crippen molar-refractivity contribution in [1.29, 1.82) is 0 Å². The first-order valence-electron chi connectivity index (χ1n) is 12.3. The number of carbonyl (C=O) groups excluding carboxylic acids is 1. The Bertz CT molecular complexity index is 1350. The summed E-state index contributed by atoms with van der Waals surface area (Å²) in [6.07, 6.45) is 9.85. The number of aromatic nitrogens is 6. The number of nitrogens with one attached hydrogen (secondary N) is 2. The van der Waals surface area contributed by atoms with Gasteiger partial charge in [0.05, 0.1) is 30.4 Å². The molecule has 0 spiro atoms. The van der Waals surface area contributed by atoms with E-state index in [9.17, 15) is 4.79 Å². The van der Waals surface area contributed by atoms with Gasteiger partial charge in [-0.2, -0.15) is 0 Å². The SMILES string of the molecule is NC(Cc1c[nH]cn1)C(=O)N1CCc2cccc(OC[C@H]3CCCN3c3ncnc4[nH]cnc34)c2C1. The third-order valence-corrected chi connectivity index (χ3v) is 7.12. The summed E-state index contributed by atoms with van der Waals surface area (Å²) in [5.41, 5.74) is 10.8. The van der Waals surface area contributed by atoms with Crippen LogP contribution in [0.25, 0.3) is 11.2 Å². The van der Waals surface area contributed by atoms with Gasteiger partial charge < -0.3 is 30.2 Å². The molecule has 2 aliphatic heterocycles. The highest BCUT2D eigenvalue weighted by Crippen LogP contribution is 2.31. The molecule has 1 aromatic carbocycles. The molecule has 1 fully saturated rings. The van der Waals surface area contributed by atoms with E-state index in [0.29, 0.717) is 26.1 Å². The first-order chi connectivity index (χ1) is 17.7. The number of hydrogen-bond acceptors (Lipinski definition) is 8. The molecule has 1 unspecified atom stereocenters. The molecule has 2 atom stereocenters. The molecule has 11 nitrogen and oxygen atoms in total. The van der Waals surface area contributed by atoms with Gasteiger partial charge in [0, 0.05) is 37.8 Å². The molecule has 0 radical (unpaired) electrons. The average molecular weight is 488 g/mol. The Balaban J connectivity index is 1.15. The molecule has 4 N–H and O–H groups in total. The molecule has 2 aliphatic rings. The third kappa shape index (κ3) is 4.26. The molecule has 1 amide bonds. The highest BCUT2D eigenvalue weighted by atomic mass is 16.5. The molecule has 0 saturated carbocycles. The van der Waals surface area contributed by atoms with Crippen molar-refractivity contribution in [3.63, 3.8) is 0 Å². The smallest absolute Gasteiger partial charge is 0.240 e. The van der Waals surface area contributed by atoms with Crippen LogP contribution in [-0.4, -0.2) is 72.5 Å². The lowest BCUT2D eigenvalue weighted by Crippen LogP contribution is -2.47. The Hall–Kier alpha value is -3.99. The van der Waals surface area contributed by atoms with Crippen LogP contribution in [0.3, 0.4) is 0 Å². The number of imidazole rings is 2. The van der Waals surface area contributed by atoms with Crippen LogP contribution in [0.15, 0.2) is 43.4 Å². The monoisotopic (exact) mass is 487 g/mol. The van der Waals surface area contributed by atoms with E-state index in [2.05, 4.69) is 40.9 Å². The molecule has 1 saturated heterocycles. The van der Waals surface area contributed by atoms with Crippen LogP contribution < -0.4 is 15.4 Å². The summed E-state index contributed by atoms with van der Waals surface area (Å²) in [6.45, 7) is 2.56. The highest BCUT2D eigenvalue weighted by Gasteiger charge is 2.30. The van der Waals surface area contributed by atoms with Crippen LogP contribution in [0, 0.1) is 0 Å². The number of nitrogens with zero attached hydrogens (tertiary/aromatic N) is 6. The average Bonchev–Trinajstić information content (AvgIpc) is 3.68. The molecule has 186 valence electrons. The predicted octanol–water partition coefficient (Wildman–Crippen LogP) is 1.58. The van der Waals surface area contributed by atoms with E-state index in [0.717, 1.165) is 59.8 Å². The van der Waals surface area contributed by atoms with Gasteiger partial charge >= 0.3 is 0 Å². The fourth-order valence-corrected chi connectivity index (χ4v) is 5.26. The number of benzene rings is 1. The molecular weight excluding hydrogens is 458 g/mol. The van der Waals surface area contributed by atoms with Crippen LogP contribution in [0.2, 0.25) is 0 Å². The lowest BCUT2D eigenvalue weighted by atomic mass is 9.98. The van der Waals surface area contributed by atoms with Crippen LogP contribution in [0.5, 0.6) is 5.75 Å². The zero-order valence-corrected chi connectivity index (χ0v) is 19.9. The van der Waals surface area contributed by atoms with Gasteiger partial charge in [0.25, 0.3) is 0 Å². The highest BCUT2D eigenvalue weighted by molar-refractivity contribution is 5.83. The first kappa shape index (κ1) is 22.5. The number of nitrogens with two attached hydrogens (primary N) is 1. The topological polar surface area (TPSA) is 142 Å². The second-order valence-corrected chi connectivity index (χ2v) is 9.37. The Kier molecular flexibility index (Phi) is 5.98. The number of aromatic amines is 2. The number of carbonyl (C=O) groups is 1. The lowest BCUT2D eigenvalue weighted by Gasteiger charge is -2.32. The van der Waals surface area contributed by atoms with E-state index in [-0.39, 0.29) is 11.9 Å². The van der Waals surface area contributed by atoms with Gasteiger partial charge in [0.2, 0.25) is 5.91 Å². The zero-order chi connectivity index (χ0) is 24.5. The minimum absolute atomic E-state index is 0.0628. The summed E-state index contributed by atoms with van der Waals surface area (Å²) in [5.74, 6) is 1.60. The Morgan fingerprint density at radius 2 is 2.14 bits per heavy atom. The van der Waals surface area contributed by atoms with E-state index < -0.39 is 6.04 Å². The third-order valence-electron chi connectivity index (χ3n) is 7.12. The van der Waals surface area contributed by atoms with Crippen molar-refractivity contribution in [2.75, 3.05) is 24.6 Å². The predicted molar refractivity (Wildman–Crippen MR) is 133 cm³/mol. The molecular formula is C25H29N9O2. The number of ether oxygens (including phenoxy) is 1. The van der Waals surface area contributed by atoms with Gasteiger partial charge in [-0.05, 0) is 30.9 Å². The van der Waals surface area contributed by atoms with Gasteiger partial charge in [-0.15, -0.1) is 0 Å². The number of anilines is 1. The summed E-state index contributed by atoms with van der Waals surface area (Å²) in [6, 6.07) is 5.69. The van der Waals surface area contributed by atoms with Crippen molar-refractivity contribution < 1.29 is 9.53 Å². The largest absolute Gasteiger partial charge is 0.491 e. The van der Waals surface area contributed by atoms with Crippen molar-refractivity contribution in [3.8, 4) is 5.75 Å². The summed E-state index contributed by atoms with van der Waals surface area (Å²) in [4.78, 5) is 40.6. The van der Waals surface area contributed by atoms with Gasteiger partial charge in [0.1, 0.15) is 24.2 Å². The fourth-order valence-electron chi connectivity index (χ4n) is 5.26. The van der Waals surface area contributed by atoms with Gasteiger partial charge in [-0.3, -0.25) is 4.79 Å². The maximum absolute atomic E-state index is 13.1. The minimum Gasteiger partial charge on any atom is -0.491 e. The van der Waals surface area contributed by atoms with Crippen LogP contribution in [0.4, 0.5) is 5.82 Å². The van der Waals surface area contributed by atoms with Gasteiger partial charge in [-0.25, -0.2) is 19.9 Å². The maximum atomic E-state index is 13.1. The van der Waals surface area contributed by atoms with Crippen molar-refractivity contribution >= 4 is 22.9 Å². The molecule has 11 heteroatoms. The van der Waals surface area contributed by atoms with Crippen molar-refractivity contribution in [1.82, 2.24) is 34.8 Å². The number of H-pyrrole nitrogens is 2. The van der Waals surface area contributed by atoms with Crippen molar-refractivity contribution in [2.24, 2.45) is 5.73 Å². The second-order valence-electron chi connectivity index (χ2n) is 9.37. The quantitative estimate of drug-likeness (QED) is 0.357. The molecule has 5 heterocycles. The van der Waals surface area contributed by atoms with Crippen molar-refractivity contribution in [3.05, 3.63) is 60.2 Å². The summed E-state index contributed by atoms with van der Waals surface area (Å²) < 4.78 is 6.41. The fraction of sp³-hybridized carbons (Fsp3) is 0.400. The number of amides is 1. The second kappa shape index (κ2) is 9.57. The Labute approximate surface area is 208 Å². The maximum Gasteiger partial charge on any atom is 0.240 e. The molecule has 3 aromatic heterocycles. The molecule has 0 aliphatic carbocycles. The number of fused-ring (bicyclic) bond motifs is 2. The van der Waals surface area contributed by atoms with E-state index in [1.165, 1.54) is 5.56 Å². The summed E-state index contributed by atoms with van der Waals surface area (Å²) in [5, 5.41) is 0. The summed E-state index contributed by atoms with van der Waals surface area (Å²) >= 11 is 0. The normalized spacial score (nSPS) is 18.4. The van der Waals surface area contributed by atoms with Crippen molar-refractivity contribution in [2.45, 2.75) is 44.3 Å². The van der Waals surface area contributed by atoms with E-state index in [4.69, 9.17) is 10.5 Å². The van der Waals surface area contributed by atoms with Gasteiger partial charge in [0.15, 0.2) is 11.5 Å². The molecule has 0 bridgehead atoms. The van der Waals surface area contributed by atoms with E-state index in [1.807, 2.05) is 17.0 Å². The molecule has 6 rings (SSSR count).